The number of carboxylic acid groups (broad SMARTS) is 2. The summed E-state index contributed by atoms with van der Waals surface area (Å²) in [5.74, 6) is -4.80. The number of aromatic amines is 2. The van der Waals surface area contributed by atoms with Crippen molar-refractivity contribution in [2.24, 2.45) is 5.73 Å². The first-order valence-electron chi connectivity index (χ1n) is 12.2. The molecule has 4 unspecified atom stereocenters. The van der Waals surface area contributed by atoms with Crippen LogP contribution in [0.15, 0.2) is 43.0 Å². The van der Waals surface area contributed by atoms with Crippen molar-refractivity contribution in [1.82, 2.24) is 30.9 Å². The molecule has 2 aromatic heterocycles. The van der Waals surface area contributed by atoms with Gasteiger partial charge in [0.05, 0.1) is 12.4 Å². The third-order valence-electron chi connectivity index (χ3n) is 6.02. The fourth-order valence-corrected chi connectivity index (χ4v) is 3.93. The zero-order valence-corrected chi connectivity index (χ0v) is 21.1. The summed E-state index contributed by atoms with van der Waals surface area (Å²) >= 11 is 0. The molecule has 4 atom stereocenters. The smallest absolute Gasteiger partial charge is 0.326 e. The lowest BCUT2D eigenvalue weighted by molar-refractivity contribution is -0.143. The predicted octanol–water partition coefficient (Wildman–Crippen LogP) is -0.573. The van der Waals surface area contributed by atoms with E-state index < -0.39 is 60.2 Å². The maximum atomic E-state index is 13.2. The number of carboxylic acids is 2. The summed E-state index contributed by atoms with van der Waals surface area (Å²) in [7, 11) is 0. The Bertz CT molecular complexity index is 1320. The number of H-pyrrole nitrogens is 2. The van der Waals surface area contributed by atoms with Crippen molar-refractivity contribution in [1.29, 1.82) is 0 Å². The van der Waals surface area contributed by atoms with Crippen molar-refractivity contribution in [3.63, 3.8) is 0 Å². The molecule has 208 valence electrons. The van der Waals surface area contributed by atoms with Crippen LogP contribution in [0.25, 0.3) is 10.9 Å². The number of imidazole rings is 1. The average molecular weight is 542 g/mol. The van der Waals surface area contributed by atoms with E-state index in [1.165, 1.54) is 19.4 Å². The quantitative estimate of drug-likeness (QED) is 0.130. The Kier molecular flexibility index (Phi) is 9.75. The molecule has 1 aromatic carbocycles. The number of nitrogens with zero attached hydrogens (tertiary/aromatic N) is 1. The molecule has 0 aliphatic rings. The second kappa shape index (κ2) is 13.2. The van der Waals surface area contributed by atoms with Crippen LogP contribution >= 0.6 is 0 Å². The van der Waals surface area contributed by atoms with Crippen LogP contribution in [0.4, 0.5) is 0 Å². The van der Waals surface area contributed by atoms with E-state index in [9.17, 15) is 29.1 Å². The van der Waals surface area contributed by atoms with Gasteiger partial charge in [0.15, 0.2) is 0 Å². The Morgan fingerprint density at radius 2 is 1.59 bits per heavy atom. The second-order valence-corrected chi connectivity index (χ2v) is 9.09. The van der Waals surface area contributed by atoms with Crippen molar-refractivity contribution >= 4 is 40.6 Å². The van der Waals surface area contributed by atoms with Crippen molar-refractivity contribution in [2.45, 2.75) is 56.8 Å². The van der Waals surface area contributed by atoms with E-state index in [0.717, 1.165) is 10.9 Å². The maximum absolute atomic E-state index is 13.2. The standard InChI is InChI=1S/C25H31N7O7/c1-13(26)22(35)31-19(9-15-11-27-12-29-15)24(37)30-18(6-7-21(33)34)23(36)32-20(25(38)39)8-14-10-28-17-5-3-2-4-16(14)17/h2-5,10-13,18-20,28H,6-9,26H2,1H3,(H,27,29)(H,30,37)(H,31,35)(H,32,36)(H,33,34)(H,38,39). The number of benzene rings is 1. The van der Waals surface area contributed by atoms with Gasteiger partial charge in [-0.2, -0.15) is 0 Å². The zero-order chi connectivity index (χ0) is 28.5. The number of nitrogens with one attached hydrogen (secondary N) is 5. The predicted molar refractivity (Wildman–Crippen MR) is 138 cm³/mol. The van der Waals surface area contributed by atoms with Crippen LogP contribution in [0.5, 0.6) is 0 Å². The van der Waals surface area contributed by atoms with Crippen LogP contribution in [0, 0.1) is 0 Å². The second-order valence-electron chi connectivity index (χ2n) is 9.09. The lowest BCUT2D eigenvalue weighted by atomic mass is 10.0. The topological polar surface area (TPSA) is 232 Å². The summed E-state index contributed by atoms with van der Waals surface area (Å²) in [6, 6.07) is 2.41. The summed E-state index contributed by atoms with van der Waals surface area (Å²) in [6.07, 6.45) is 3.63. The Balaban J connectivity index is 1.77. The minimum absolute atomic E-state index is 0.0180. The molecule has 0 aliphatic heterocycles. The van der Waals surface area contributed by atoms with Crippen LogP contribution in [-0.4, -0.2) is 79.0 Å². The number of hydrogen-bond donors (Lipinski definition) is 8. The van der Waals surface area contributed by atoms with Gasteiger partial charge in [0, 0.05) is 48.3 Å². The number of aliphatic carboxylic acids is 2. The van der Waals surface area contributed by atoms with Crippen LogP contribution in [-0.2, 0) is 36.8 Å². The summed E-state index contributed by atoms with van der Waals surface area (Å²) in [5, 5.41) is 27.1. The van der Waals surface area contributed by atoms with Gasteiger partial charge in [-0.05, 0) is 25.0 Å². The minimum atomic E-state index is -1.39. The molecule has 0 saturated carbocycles. The molecule has 0 saturated heterocycles. The van der Waals surface area contributed by atoms with Gasteiger partial charge in [-0.15, -0.1) is 0 Å². The number of rotatable bonds is 14. The number of aromatic nitrogens is 3. The van der Waals surface area contributed by atoms with Gasteiger partial charge in [0.25, 0.3) is 0 Å². The number of fused-ring (bicyclic) bond motifs is 1. The monoisotopic (exact) mass is 541 g/mol. The first-order chi connectivity index (χ1) is 18.5. The maximum Gasteiger partial charge on any atom is 0.326 e. The van der Waals surface area contributed by atoms with E-state index in [1.54, 1.807) is 12.3 Å². The van der Waals surface area contributed by atoms with Gasteiger partial charge in [0.2, 0.25) is 17.7 Å². The summed E-state index contributed by atoms with van der Waals surface area (Å²) in [4.78, 5) is 71.5. The van der Waals surface area contributed by atoms with Crippen molar-refractivity contribution in [3.8, 4) is 0 Å². The molecule has 14 heteroatoms. The summed E-state index contributed by atoms with van der Waals surface area (Å²) in [6.45, 7) is 1.43. The Labute approximate surface area is 222 Å². The average Bonchev–Trinajstić information content (AvgIpc) is 3.55. The number of carbonyl (C=O) groups excluding carboxylic acids is 3. The number of amides is 3. The third kappa shape index (κ3) is 8.13. The molecule has 3 aromatic rings. The van der Waals surface area contributed by atoms with E-state index in [0.29, 0.717) is 11.3 Å². The number of carbonyl (C=O) groups is 5. The Morgan fingerprint density at radius 3 is 2.23 bits per heavy atom. The fourth-order valence-electron chi connectivity index (χ4n) is 3.93. The Hall–Kier alpha value is -4.72. The van der Waals surface area contributed by atoms with Crippen LogP contribution in [0.1, 0.15) is 31.0 Å². The highest BCUT2D eigenvalue weighted by atomic mass is 16.4. The lowest BCUT2D eigenvalue weighted by Crippen LogP contribution is -2.57. The Morgan fingerprint density at radius 1 is 0.923 bits per heavy atom. The van der Waals surface area contributed by atoms with E-state index in [2.05, 4.69) is 30.9 Å². The van der Waals surface area contributed by atoms with Gasteiger partial charge in [-0.1, -0.05) is 18.2 Å². The highest BCUT2D eigenvalue weighted by molar-refractivity contribution is 5.94. The SMILES string of the molecule is CC(N)C(=O)NC(Cc1cnc[nH]1)C(=O)NC(CCC(=O)O)C(=O)NC(Cc1c[nH]c2ccccc12)C(=O)O. The molecule has 9 N–H and O–H groups in total. The van der Waals surface area contributed by atoms with E-state index in [-0.39, 0.29) is 19.3 Å². The summed E-state index contributed by atoms with van der Waals surface area (Å²) < 4.78 is 0. The third-order valence-corrected chi connectivity index (χ3v) is 6.02. The van der Waals surface area contributed by atoms with Gasteiger partial charge in [-0.3, -0.25) is 19.2 Å². The fraction of sp³-hybridized carbons (Fsp3) is 0.360. The molecule has 3 amide bonds. The molecule has 3 rings (SSSR count). The van der Waals surface area contributed by atoms with Crippen LogP contribution < -0.4 is 21.7 Å². The first-order valence-corrected chi connectivity index (χ1v) is 12.2. The van der Waals surface area contributed by atoms with Crippen LogP contribution in [0.2, 0.25) is 0 Å². The van der Waals surface area contributed by atoms with Crippen molar-refractivity contribution in [3.05, 3.63) is 54.2 Å². The molecular formula is C25H31N7O7. The number of para-hydroxylation sites is 1. The molecule has 39 heavy (non-hydrogen) atoms. The van der Waals surface area contributed by atoms with E-state index in [4.69, 9.17) is 10.8 Å². The van der Waals surface area contributed by atoms with Crippen molar-refractivity contribution in [2.75, 3.05) is 0 Å². The molecule has 0 aliphatic carbocycles. The highest BCUT2D eigenvalue weighted by Crippen LogP contribution is 2.19. The lowest BCUT2D eigenvalue weighted by Gasteiger charge is -2.24. The number of hydrogen-bond acceptors (Lipinski definition) is 7. The van der Waals surface area contributed by atoms with Gasteiger partial charge in [0.1, 0.15) is 18.1 Å². The minimum Gasteiger partial charge on any atom is -0.481 e. The van der Waals surface area contributed by atoms with E-state index >= 15 is 0 Å². The molecule has 0 radical (unpaired) electrons. The number of nitrogens with two attached hydrogens (primary N) is 1. The molecular weight excluding hydrogens is 510 g/mol. The molecule has 0 bridgehead atoms. The van der Waals surface area contributed by atoms with Gasteiger partial charge < -0.3 is 41.9 Å². The normalized spacial score (nSPS) is 14.1. The molecule has 0 fully saturated rings. The molecule has 2 heterocycles. The van der Waals surface area contributed by atoms with Gasteiger partial charge >= 0.3 is 11.9 Å². The summed E-state index contributed by atoms with van der Waals surface area (Å²) in [5.41, 5.74) is 7.57. The highest BCUT2D eigenvalue weighted by Gasteiger charge is 2.31. The molecule has 14 nitrogen and oxygen atoms in total. The van der Waals surface area contributed by atoms with Crippen molar-refractivity contribution < 1.29 is 34.2 Å². The zero-order valence-electron chi connectivity index (χ0n) is 21.1. The first kappa shape index (κ1) is 28.8. The van der Waals surface area contributed by atoms with E-state index in [1.807, 2.05) is 18.2 Å². The largest absolute Gasteiger partial charge is 0.481 e. The van der Waals surface area contributed by atoms with Crippen LogP contribution in [0.3, 0.4) is 0 Å². The van der Waals surface area contributed by atoms with Gasteiger partial charge in [-0.25, -0.2) is 9.78 Å². The molecule has 0 spiro atoms.